The largest absolute Gasteiger partial charge is 0.497 e. The van der Waals surface area contributed by atoms with E-state index in [0.717, 1.165) is 143 Å². The maximum Gasteiger partial charge on any atom is 0.178 e. The van der Waals surface area contributed by atoms with Crippen LogP contribution in [0, 0.1) is 35.5 Å². The number of rotatable bonds is 27. The highest BCUT2D eigenvalue weighted by molar-refractivity contribution is 6.31. The van der Waals surface area contributed by atoms with Crippen LogP contribution in [0.2, 0.25) is 0 Å². The monoisotopic (exact) mass is 1050 g/mol. The number of methoxy groups -OCH3 is 3. The van der Waals surface area contributed by atoms with Gasteiger partial charge >= 0.3 is 0 Å². The Morgan fingerprint density at radius 3 is 0.923 bits per heavy atom. The van der Waals surface area contributed by atoms with Crippen LogP contribution in [-0.4, -0.2) is 61.0 Å². The number of hydrogen-bond acceptors (Lipinski definition) is 9. The first-order chi connectivity index (χ1) is 38.3. The Labute approximate surface area is 464 Å². The third kappa shape index (κ3) is 14.6. The van der Waals surface area contributed by atoms with Gasteiger partial charge in [0.25, 0.3) is 0 Å². The zero-order valence-corrected chi connectivity index (χ0v) is 47.6. The molecule has 0 radical (unpaired) electrons. The lowest BCUT2D eigenvalue weighted by Crippen LogP contribution is -2.08. The van der Waals surface area contributed by atoms with E-state index < -0.39 is 0 Å². The van der Waals surface area contributed by atoms with Crippen molar-refractivity contribution in [3.63, 3.8) is 0 Å². The molecule has 0 spiro atoms. The van der Waals surface area contributed by atoms with Gasteiger partial charge in [-0.2, -0.15) is 0 Å². The number of unbranched alkanes of at least 4 members (excludes halogenated alkanes) is 6. The Kier molecular flexibility index (Phi) is 22.4. The SMILES string of the molecule is CCCCOc1cc2c(cc1OCCCC)c1c(C#Cc3ccc(OC)cc3)c(OCCCC)c(OCCCC)c(C#Cc3ccc(OC)cc3)c1c1cc(OCCCC)c(OCCCC)c(C#Cc3ccc(OC)cc3)c21. The second kappa shape index (κ2) is 30.2. The van der Waals surface area contributed by atoms with Crippen molar-refractivity contribution in [3.8, 4) is 87.3 Å². The van der Waals surface area contributed by atoms with Crippen LogP contribution in [0.5, 0.6) is 51.7 Å². The number of ether oxygens (including phenoxy) is 9. The summed E-state index contributed by atoms with van der Waals surface area (Å²) in [7, 11) is 5.00. The Morgan fingerprint density at radius 2 is 0.577 bits per heavy atom. The number of benzene rings is 7. The van der Waals surface area contributed by atoms with E-state index in [1.165, 1.54) is 0 Å². The first-order valence-corrected chi connectivity index (χ1v) is 28.2. The van der Waals surface area contributed by atoms with Crippen LogP contribution in [0.1, 0.15) is 152 Å². The predicted octanol–water partition coefficient (Wildman–Crippen LogP) is 16.4. The van der Waals surface area contributed by atoms with Crippen LogP contribution < -0.4 is 42.6 Å². The van der Waals surface area contributed by atoms with Gasteiger partial charge in [0.15, 0.2) is 34.5 Å². The molecule has 0 aliphatic heterocycles. The molecule has 408 valence electrons. The average Bonchev–Trinajstić information content (AvgIpc) is 3.60. The minimum atomic E-state index is 0.424. The van der Waals surface area contributed by atoms with E-state index in [1.54, 1.807) is 21.3 Å². The molecule has 0 heterocycles. The second-order valence-electron chi connectivity index (χ2n) is 19.2. The minimum absolute atomic E-state index is 0.424. The molecule has 78 heavy (non-hydrogen) atoms. The van der Waals surface area contributed by atoms with Crippen LogP contribution in [-0.2, 0) is 0 Å². The van der Waals surface area contributed by atoms with E-state index in [-0.39, 0.29) is 0 Å². The minimum Gasteiger partial charge on any atom is -0.497 e. The third-order valence-electron chi connectivity index (χ3n) is 13.3. The van der Waals surface area contributed by atoms with Gasteiger partial charge in [-0.3, -0.25) is 0 Å². The molecule has 0 aromatic heterocycles. The van der Waals surface area contributed by atoms with Crippen molar-refractivity contribution in [2.75, 3.05) is 61.0 Å². The molecule has 0 aliphatic carbocycles. The molecule has 0 unspecified atom stereocenters. The Hall–Kier alpha value is -7.80. The fourth-order valence-corrected chi connectivity index (χ4v) is 8.81. The van der Waals surface area contributed by atoms with Gasteiger partial charge in [-0.05, 0) is 146 Å². The van der Waals surface area contributed by atoms with Crippen LogP contribution in [0.15, 0.2) is 91.0 Å². The van der Waals surface area contributed by atoms with Crippen molar-refractivity contribution < 1.29 is 42.6 Å². The second-order valence-corrected chi connectivity index (χ2v) is 19.2. The highest BCUT2D eigenvalue weighted by atomic mass is 16.5. The molecule has 7 aromatic carbocycles. The summed E-state index contributed by atoms with van der Waals surface area (Å²) in [5, 5.41) is 5.02. The van der Waals surface area contributed by atoms with Gasteiger partial charge in [-0.15, -0.1) is 0 Å². The summed E-state index contributed by atoms with van der Waals surface area (Å²) in [5.74, 6) is 27.5. The highest BCUT2D eigenvalue weighted by Crippen LogP contribution is 2.52. The summed E-state index contributed by atoms with van der Waals surface area (Å²) in [5.41, 5.74) is 4.39. The molecule has 0 saturated carbocycles. The summed E-state index contributed by atoms with van der Waals surface area (Å²) in [6, 6.07) is 29.8. The Morgan fingerprint density at radius 1 is 0.295 bits per heavy atom. The maximum absolute atomic E-state index is 7.10. The normalized spacial score (nSPS) is 10.7. The zero-order chi connectivity index (χ0) is 55.1. The Balaban J connectivity index is 1.82. The number of fused-ring (bicyclic) bond motifs is 6. The van der Waals surface area contributed by atoms with E-state index >= 15 is 0 Å². The van der Waals surface area contributed by atoms with E-state index in [9.17, 15) is 0 Å². The number of hydrogen-bond donors (Lipinski definition) is 0. The smallest absolute Gasteiger partial charge is 0.178 e. The topological polar surface area (TPSA) is 83.1 Å². The summed E-state index contributed by atoms with van der Waals surface area (Å²) in [4.78, 5) is 0. The standard InChI is InChI=1S/C69H78O9/c1-10-16-40-73-61-46-58-59(47-62(61)74-41-17-11-2)65-56(38-29-50-24-33-53(71-8)34-25-50)68(77-44-20-14-5)69(78-45-21-15-6)57(39-30-51-26-35-54(72-9)36-27-51)66(65)60-48-63(75-42-18-12-3)67(76-43-19-13-4)55(64(58)60)37-28-49-22-31-52(70-7)32-23-49/h22-27,31-36,46-48H,10-21,40-45H2,1-9H3. The molecule has 0 amide bonds. The van der Waals surface area contributed by atoms with Gasteiger partial charge in [0.2, 0.25) is 0 Å². The molecule has 0 atom stereocenters. The van der Waals surface area contributed by atoms with E-state index in [0.29, 0.717) is 90.8 Å². The zero-order valence-electron chi connectivity index (χ0n) is 47.6. The molecular formula is C69H78O9. The van der Waals surface area contributed by atoms with E-state index in [1.807, 2.05) is 72.8 Å². The van der Waals surface area contributed by atoms with Gasteiger partial charge in [-0.1, -0.05) is 116 Å². The average molecular weight is 1050 g/mol. The summed E-state index contributed by atoms with van der Waals surface area (Å²) in [6.45, 7) is 15.8. The van der Waals surface area contributed by atoms with Crippen molar-refractivity contribution in [3.05, 3.63) is 124 Å². The van der Waals surface area contributed by atoms with Crippen LogP contribution >= 0.6 is 0 Å². The van der Waals surface area contributed by atoms with Gasteiger partial charge in [-0.25, -0.2) is 0 Å². The van der Waals surface area contributed by atoms with Gasteiger partial charge in [0.05, 0.1) is 77.7 Å². The van der Waals surface area contributed by atoms with Crippen LogP contribution in [0.3, 0.4) is 0 Å². The van der Waals surface area contributed by atoms with Crippen molar-refractivity contribution >= 4 is 32.3 Å². The lowest BCUT2D eigenvalue weighted by Gasteiger charge is -2.24. The van der Waals surface area contributed by atoms with Gasteiger partial charge in [0, 0.05) is 32.8 Å². The predicted molar refractivity (Wildman–Crippen MR) is 318 cm³/mol. The third-order valence-corrected chi connectivity index (χ3v) is 13.3. The fourth-order valence-electron chi connectivity index (χ4n) is 8.81. The molecule has 7 aromatic rings. The molecule has 9 heteroatoms. The highest BCUT2D eigenvalue weighted by Gasteiger charge is 2.29. The summed E-state index contributed by atoms with van der Waals surface area (Å²) >= 11 is 0. The van der Waals surface area contributed by atoms with Crippen molar-refractivity contribution in [2.45, 2.75) is 119 Å². The van der Waals surface area contributed by atoms with E-state index in [4.69, 9.17) is 42.6 Å². The molecule has 7 rings (SSSR count). The summed E-state index contributed by atoms with van der Waals surface area (Å²) in [6.07, 6.45) is 10.7. The first kappa shape index (κ1) is 57.9. The lowest BCUT2D eigenvalue weighted by atomic mass is 9.85. The van der Waals surface area contributed by atoms with Crippen LogP contribution in [0.4, 0.5) is 0 Å². The van der Waals surface area contributed by atoms with E-state index in [2.05, 4.69) is 95.3 Å². The van der Waals surface area contributed by atoms with Gasteiger partial charge in [0.1, 0.15) is 17.2 Å². The Bertz CT molecular complexity index is 3270. The molecule has 0 N–H and O–H groups in total. The molecule has 0 saturated heterocycles. The molecule has 0 aliphatic rings. The quantitative estimate of drug-likeness (QED) is 0.0284. The first-order valence-electron chi connectivity index (χ1n) is 28.2. The van der Waals surface area contributed by atoms with Gasteiger partial charge < -0.3 is 42.6 Å². The molecule has 0 bridgehead atoms. The molecule has 9 nitrogen and oxygen atoms in total. The maximum atomic E-state index is 7.10. The van der Waals surface area contributed by atoms with Crippen molar-refractivity contribution in [2.24, 2.45) is 0 Å². The summed E-state index contributed by atoms with van der Waals surface area (Å²) < 4.78 is 58.3. The lowest BCUT2D eigenvalue weighted by molar-refractivity contribution is 0.261. The van der Waals surface area contributed by atoms with Crippen molar-refractivity contribution in [1.29, 1.82) is 0 Å². The molecule has 0 fully saturated rings. The fraction of sp³-hybridized carbons (Fsp3) is 0.391. The van der Waals surface area contributed by atoms with Crippen LogP contribution in [0.25, 0.3) is 32.3 Å². The van der Waals surface area contributed by atoms with Crippen molar-refractivity contribution in [1.82, 2.24) is 0 Å². The molecular weight excluding hydrogens is 973 g/mol.